The first-order valence-electron chi connectivity index (χ1n) is 9.28. The number of thioether (sulfide) groups is 1. The summed E-state index contributed by atoms with van der Waals surface area (Å²) in [6.07, 6.45) is 0.668. The lowest BCUT2D eigenvalue weighted by Gasteiger charge is -2.28. The number of hydrogen-bond donors (Lipinski definition) is 1. The van der Waals surface area contributed by atoms with E-state index in [0.717, 1.165) is 11.1 Å². The molecule has 154 valence electrons. The minimum Gasteiger partial charge on any atom is -0.357 e. The third-order valence-corrected chi connectivity index (χ3v) is 5.53. The summed E-state index contributed by atoms with van der Waals surface area (Å²) in [6, 6.07) is 15.6. The molecule has 0 aliphatic rings. The molecule has 7 nitrogen and oxygen atoms in total. The molecular weight excluding hydrogens is 390 g/mol. The van der Waals surface area contributed by atoms with E-state index in [2.05, 4.69) is 5.32 Å². The van der Waals surface area contributed by atoms with Crippen LogP contribution in [0.1, 0.15) is 18.1 Å². The Labute approximate surface area is 174 Å². The van der Waals surface area contributed by atoms with Gasteiger partial charge in [0.2, 0.25) is 11.8 Å². The van der Waals surface area contributed by atoms with Crippen molar-refractivity contribution in [3.05, 3.63) is 75.8 Å². The summed E-state index contributed by atoms with van der Waals surface area (Å²) in [7, 11) is 1.56. The Bertz CT molecular complexity index is 828. The van der Waals surface area contributed by atoms with Crippen molar-refractivity contribution in [1.82, 2.24) is 10.2 Å². The standard InChI is InChI=1S/C21H25N3O4S/c1-16(21(26)22-2)23(13-12-17-6-4-3-5-7-17)20(25)15-29-14-18-8-10-19(11-9-18)24(27)28/h3-11,16H,12-15H2,1-2H3,(H,22,26)/t16-/m1/s1. The molecule has 0 saturated carbocycles. The zero-order valence-corrected chi connectivity index (χ0v) is 17.4. The highest BCUT2D eigenvalue weighted by molar-refractivity contribution is 7.99. The molecule has 0 spiro atoms. The summed E-state index contributed by atoms with van der Waals surface area (Å²) in [4.78, 5) is 36.8. The summed E-state index contributed by atoms with van der Waals surface area (Å²) < 4.78 is 0. The minimum absolute atomic E-state index is 0.0429. The average molecular weight is 416 g/mol. The number of hydrogen-bond acceptors (Lipinski definition) is 5. The molecule has 2 amide bonds. The number of carbonyl (C=O) groups is 2. The Morgan fingerprint density at radius 2 is 1.76 bits per heavy atom. The Morgan fingerprint density at radius 3 is 2.34 bits per heavy atom. The van der Waals surface area contributed by atoms with Gasteiger partial charge >= 0.3 is 0 Å². The van der Waals surface area contributed by atoms with Crippen molar-refractivity contribution < 1.29 is 14.5 Å². The van der Waals surface area contributed by atoms with Crippen LogP contribution >= 0.6 is 11.8 Å². The number of nitrogens with one attached hydrogen (secondary N) is 1. The lowest BCUT2D eigenvalue weighted by molar-refractivity contribution is -0.384. The summed E-state index contributed by atoms with van der Waals surface area (Å²) in [5.74, 6) is 0.480. The van der Waals surface area contributed by atoms with Crippen LogP contribution in [0.5, 0.6) is 0 Å². The van der Waals surface area contributed by atoms with Gasteiger partial charge in [0.25, 0.3) is 5.69 Å². The highest BCUT2D eigenvalue weighted by atomic mass is 32.2. The monoisotopic (exact) mass is 415 g/mol. The van der Waals surface area contributed by atoms with E-state index < -0.39 is 11.0 Å². The molecule has 1 N–H and O–H groups in total. The van der Waals surface area contributed by atoms with Crippen LogP contribution in [-0.4, -0.2) is 47.0 Å². The van der Waals surface area contributed by atoms with Gasteiger partial charge < -0.3 is 10.2 Å². The minimum atomic E-state index is -0.559. The number of nitro benzene ring substituents is 1. The fourth-order valence-electron chi connectivity index (χ4n) is 2.83. The maximum Gasteiger partial charge on any atom is 0.269 e. The normalized spacial score (nSPS) is 11.5. The van der Waals surface area contributed by atoms with Gasteiger partial charge in [-0.05, 0) is 24.5 Å². The zero-order chi connectivity index (χ0) is 21.2. The molecule has 0 bridgehead atoms. The molecular formula is C21H25N3O4S. The Balaban J connectivity index is 1.94. The van der Waals surface area contributed by atoms with Gasteiger partial charge in [0.05, 0.1) is 10.7 Å². The highest BCUT2D eigenvalue weighted by Crippen LogP contribution is 2.18. The second-order valence-electron chi connectivity index (χ2n) is 6.53. The van der Waals surface area contributed by atoms with Gasteiger partial charge in [0.1, 0.15) is 6.04 Å². The molecule has 2 aromatic carbocycles. The maximum atomic E-state index is 12.8. The van der Waals surface area contributed by atoms with Crippen LogP contribution in [-0.2, 0) is 21.8 Å². The Morgan fingerprint density at radius 1 is 1.10 bits per heavy atom. The van der Waals surface area contributed by atoms with E-state index in [-0.39, 0.29) is 23.3 Å². The van der Waals surface area contributed by atoms with Crippen LogP contribution in [0.4, 0.5) is 5.69 Å². The van der Waals surface area contributed by atoms with Gasteiger partial charge in [0.15, 0.2) is 0 Å². The third-order valence-electron chi connectivity index (χ3n) is 4.54. The van der Waals surface area contributed by atoms with E-state index in [1.807, 2.05) is 30.3 Å². The summed E-state index contributed by atoms with van der Waals surface area (Å²) >= 11 is 1.42. The molecule has 0 heterocycles. The molecule has 0 saturated heterocycles. The number of amides is 2. The molecule has 0 aliphatic carbocycles. The van der Waals surface area contributed by atoms with Gasteiger partial charge in [-0.1, -0.05) is 42.5 Å². The lowest BCUT2D eigenvalue weighted by Crippen LogP contribution is -2.48. The molecule has 0 aromatic heterocycles. The third kappa shape index (κ3) is 6.90. The van der Waals surface area contributed by atoms with Gasteiger partial charge in [0, 0.05) is 31.5 Å². The second kappa shape index (κ2) is 11.2. The molecule has 2 aromatic rings. The lowest BCUT2D eigenvalue weighted by atomic mass is 10.1. The predicted molar refractivity (Wildman–Crippen MR) is 115 cm³/mol. The van der Waals surface area contributed by atoms with Gasteiger partial charge in [-0.3, -0.25) is 19.7 Å². The number of non-ortho nitro benzene ring substituents is 1. The maximum absolute atomic E-state index is 12.8. The summed E-state index contributed by atoms with van der Waals surface area (Å²) in [6.45, 7) is 2.18. The first kappa shape index (κ1) is 22.4. The van der Waals surface area contributed by atoms with Crippen molar-refractivity contribution >= 4 is 29.3 Å². The Kier molecular flexibility index (Phi) is 8.67. The van der Waals surface area contributed by atoms with E-state index in [0.29, 0.717) is 18.7 Å². The van der Waals surface area contributed by atoms with Crippen LogP contribution in [0.3, 0.4) is 0 Å². The topological polar surface area (TPSA) is 92.6 Å². The summed E-state index contributed by atoms with van der Waals surface area (Å²) in [5, 5.41) is 13.3. The van der Waals surface area contributed by atoms with Crippen LogP contribution in [0.2, 0.25) is 0 Å². The van der Waals surface area contributed by atoms with E-state index in [1.165, 1.54) is 23.9 Å². The van der Waals surface area contributed by atoms with Crippen LogP contribution < -0.4 is 5.32 Å². The number of likely N-dealkylation sites (N-methyl/N-ethyl adjacent to an activating group) is 1. The first-order chi connectivity index (χ1) is 13.9. The molecule has 29 heavy (non-hydrogen) atoms. The quantitative estimate of drug-likeness (QED) is 0.476. The molecule has 0 unspecified atom stereocenters. The molecule has 0 radical (unpaired) electrons. The Hall–Kier alpha value is -2.87. The largest absolute Gasteiger partial charge is 0.357 e. The average Bonchev–Trinajstić information content (AvgIpc) is 2.74. The van der Waals surface area contributed by atoms with Crippen molar-refractivity contribution in [2.45, 2.75) is 25.1 Å². The van der Waals surface area contributed by atoms with Crippen LogP contribution in [0.25, 0.3) is 0 Å². The van der Waals surface area contributed by atoms with E-state index in [4.69, 9.17) is 0 Å². The number of rotatable bonds is 10. The zero-order valence-electron chi connectivity index (χ0n) is 16.5. The fraction of sp³-hybridized carbons (Fsp3) is 0.333. The molecule has 0 aliphatic heterocycles. The first-order valence-corrected chi connectivity index (χ1v) is 10.4. The molecule has 0 fully saturated rings. The van der Waals surface area contributed by atoms with E-state index in [1.54, 1.807) is 31.0 Å². The van der Waals surface area contributed by atoms with E-state index >= 15 is 0 Å². The van der Waals surface area contributed by atoms with Crippen molar-refractivity contribution in [3.63, 3.8) is 0 Å². The molecule has 8 heteroatoms. The van der Waals surface area contributed by atoms with Crippen LogP contribution in [0, 0.1) is 10.1 Å². The number of nitrogens with zero attached hydrogens (tertiary/aromatic N) is 2. The van der Waals surface area contributed by atoms with Gasteiger partial charge in [-0.2, -0.15) is 0 Å². The smallest absolute Gasteiger partial charge is 0.269 e. The molecule has 1 atom stereocenters. The van der Waals surface area contributed by atoms with Gasteiger partial charge in [-0.15, -0.1) is 11.8 Å². The number of carbonyl (C=O) groups excluding carboxylic acids is 2. The SMILES string of the molecule is CNC(=O)[C@@H](C)N(CCc1ccccc1)C(=O)CSCc1ccc([N+](=O)[O-])cc1. The molecule has 2 rings (SSSR count). The van der Waals surface area contributed by atoms with Gasteiger partial charge in [-0.25, -0.2) is 0 Å². The predicted octanol–water partition coefficient (Wildman–Crippen LogP) is 3.03. The highest BCUT2D eigenvalue weighted by Gasteiger charge is 2.24. The van der Waals surface area contributed by atoms with Crippen molar-refractivity contribution in [1.29, 1.82) is 0 Å². The van der Waals surface area contributed by atoms with Crippen molar-refractivity contribution in [3.8, 4) is 0 Å². The van der Waals surface area contributed by atoms with E-state index in [9.17, 15) is 19.7 Å². The number of benzene rings is 2. The number of nitro groups is 1. The fourth-order valence-corrected chi connectivity index (χ4v) is 3.70. The van der Waals surface area contributed by atoms with Crippen LogP contribution in [0.15, 0.2) is 54.6 Å². The van der Waals surface area contributed by atoms with Crippen molar-refractivity contribution in [2.75, 3.05) is 19.3 Å². The summed E-state index contributed by atoms with van der Waals surface area (Å²) in [5.41, 5.74) is 2.05. The van der Waals surface area contributed by atoms with Crippen molar-refractivity contribution in [2.24, 2.45) is 0 Å². The second-order valence-corrected chi connectivity index (χ2v) is 7.51.